The van der Waals surface area contributed by atoms with Crippen LogP contribution in [0.3, 0.4) is 0 Å². The van der Waals surface area contributed by atoms with Crippen LogP contribution in [0, 0.1) is 23.6 Å². The average Bonchev–Trinajstić information content (AvgIpc) is 2.38. The van der Waals surface area contributed by atoms with Crippen LogP contribution >= 0.6 is 11.6 Å². The number of halogens is 2. The normalized spacial score (nSPS) is 28.4. The van der Waals surface area contributed by atoms with E-state index in [1.807, 2.05) is 6.07 Å². The van der Waals surface area contributed by atoms with Crippen LogP contribution < -0.4 is 5.32 Å². The molecule has 1 N–H and O–H groups in total. The van der Waals surface area contributed by atoms with Gasteiger partial charge < -0.3 is 5.32 Å². The molecule has 3 atom stereocenters. The Morgan fingerprint density at radius 2 is 1.90 bits per heavy atom. The van der Waals surface area contributed by atoms with Crippen molar-refractivity contribution in [3.05, 3.63) is 34.6 Å². The maximum absolute atomic E-state index is 13.4. The molecule has 1 aliphatic carbocycles. The van der Waals surface area contributed by atoms with Crippen molar-refractivity contribution in [1.82, 2.24) is 5.32 Å². The van der Waals surface area contributed by atoms with Gasteiger partial charge in [0.1, 0.15) is 5.82 Å². The zero-order valence-corrected chi connectivity index (χ0v) is 13.4. The van der Waals surface area contributed by atoms with Gasteiger partial charge in [-0.3, -0.25) is 0 Å². The molecule has 1 aliphatic rings. The van der Waals surface area contributed by atoms with Crippen molar-refractivity contribution in [2.24, 2.45) is 17.8 Å². The molecule has 1 aromatic carbocycles. The van der Waals surface area contributed by atoms with E-state index in [1.165, 1.54) is 25.3 Å². The lowest BCUT2D eigenvalue weighted by Gasteiger charge is -2.37. The molecule has 3 unspecified atom stereocenters. The predicted molar refractivity (Wildman–Crippen MR) is 83.5 cm³/mol. The first-order valence-electron chi connectivity index (χ1n) is 7.69. The summed E-state index contributed by atoms with van der Waals surface area (Å²) in [7, 11) is 0. The van der Waals surface area contributed by atoms with E-state index in [2.05, 4.69) is 26.1 Å². The average molecular weight is 298 g/mol. The minimum atomic E-state index is -0.337. The van der Waals surface area contributed by atoms with E-state index < -0.39 is 0 Å². The zero-order valence-electron chi connectivity index (χ0n) is 12.6. The van der Waals surface area contributed by atoms with Gasteiger partial charge in [-0.2, -0.15) is 0 Å². The Bertz CT molecular complexity index is 439. The topological polar surface area (TPSA) is 12.0 Å². The van der Waals surface area contributed by atoms with E-state index in [4.69, 9.17) is 11.6 Å². The lowest BCUT2D eigenvalue weighted by Crippen LogP contribution is -2.33. The Labute approximate surface area is 126 Å². The van der Waals surface area contributed by atoms with Crippen LogP contribution in [0.5, 0.6) is 0 Å². The summed E-state index contributed by atoms with van der Waals surface area (Å²) in [4.78, 5) is 0. The van der Waals surface area contributed by atoms with Gasteiger partial charge in [-0.1, -0.05) is 38.4 Å². The maximum Gasteiger partial charge on any atom is 0.141 e. The molecule has 0 amide bonds. The number of hydrogen-bond donors (Lipinski definition) is 1. The Hall–Kier alpha value is -0.600. The third-order valence-corrected chi connectivity index (χ3v) is 4.70. The van der Waals surface area contributed by atoms with Crippen LogP contribution in [-0.2, 0) is 0 Å². The summed E-state index contributed by atoms with van der Waals surface area (Å²) in [5, 5.41) is 3.80. The molecule has 0 heterocycles. The quantitative estimate of drug-likeness (QED) is 0.805. The molecule has 0 aliphatic heterocycles. The van der Waals surface area contributed by atoms with Crippen LogP contribution in [0.2, 0.25) is 5.02 Å². The third-order valence-electron chi connectivity index (χ3n) is 4.41. The second kappa shape index (κ2) is 6.91. The fourth-order valence-electron chi connectivity index (χ4n) is 3.76. The number of rotatable bonds is 4. The molecular weight excluding hydrogens is 273 g/mol. The Morgan fingerprint density at radius 3 is 2.45 bits per heavy atom. The second-order valence-electron chi connectivity index (χ2n) is 6.39. The summed E-state index contributed by atoms with van der Waals surface area (Å²) in [6.45, 7) is 7.71. The van der Waals surface area contributed by atoms with Crippen LogP contribution in [0.4, 0.5) is 4.39 Å². The van der Waals surface area contributed by atoms with Crippen LogP contribution in [-0.4, -0.2) is 6.54 Å². The molecular formula is C17H25ClFN. The fourth-order valence-corrected chi connectivity index (χ4v) is 3.95. The minimum Gasteiger partial charge on any atom is -0.310 e. The molecule has 1 aromatic rings. The Kier molecular flexibility index (Phi) is 5.45. The highest BCUT2D eigenvalue weighted by Gasteiger charge is 2.30. The van der Waals surface area contributed by atoms with Gasteiger partial charge in [0, 0.05) is 6.04 Å². The summed E-state index contributed by atoms with van der Waals surface area (Å²) in [6, 6.07) is 5.42. The van der Waals surface area contributed by atoms with Gasteiger partial charge in [-0.25, -0.2) is 4.39 Å². The van der Waals surface area contributed by atoms with E-state index >= 15 is 0 Å². The van der Waals surface area contributed by atoms with Crippen LogP contribution in [0.15, 0.2) is 18.2 Å². The van der Waals surface area contributed by atoms with Crippen molar-refractivity contribution in [2.75, 3.05) is 6.54 Å². The van der Waals surface area contributed by atoms with Gasteiger partial charge in [0.25, 0.3) is 0 Å². The highest BCUT2D eigenvalue weighted by atomic mass is 35.5. The summed E-state index contributed by atoms with van der Waals surface area (Å²) in [5.41, 5.74) is 1.12. The van der Waals surface area contributed by atoms with Gasteiger partial charge in [0.15, 0.2) is 0 Å². The van der Waals surface area contributed by atoms with Gasteiger partial charge >= 0.3 is 0 Å². The lowest BCUT2D eigenvalue weighted by atomic mass is 9.72. The molecule has 112 valence electrons. The highest BCUT2D eigenvalue weighted by Crippen LogP contribution is 2.40. The number of benzene rings is 1. The summed E-state index contributed by atoms with van der Waals surface area (Å²) in [6.07, 6.45) is 3.79. The van der Waals surface area contributed by atoms with Crippen LogP contribution in [0.25, 0.3) is 0 Å². The lowest BCUT2D eigenvalue weighted by molar-refractivity contribution is 0.177. The second-order valence-corrected chi connectivity index (χ2v) is 6.79. The molecule has 1 nitrogen and oxygen atoms in total. The monoisotopic (exact) mass is 297 g/mol. The highest BCUT2D eigenvalue weighted by molar-refractivity contribution is 6.30. The SMILES string of the molecule is CCNC(c1ccc(F)c(Cl)c1)C1CC(C)CC(C)C1. The van der Waals surface area contributed by atoms with Crippen molar-refractivity contribution >= 4 is 11.6 Å². The van der Waals surface area contributed by atoms with Gasteiger partial charge in [0.2, 0.25) is 0 Å². The predicted octanol–water partition coefficient (Wildman–Crippen LogP) is 5.20. The summed E-state index contributed by atoms with van der Waals surface area (Å²) >= 11 is 5.95. The standard InChI is InChI=1S/C17H25ClFN/c1-4-20-17(13-5-6-16(19)15(18)10-13)14-8-11(2)7-12(3)9-14/h5-6,10-12,14,17,20H,4,7-9H2,1-3H3. The molecule has 0 aromatic heterocycles. The van der Waals surface area contributed by atoms with E-state index in [9.17, 15) is 4.39 Å². The zero-order chi connectivity index (χ0) is 14.7. The molecule has 0 bridgehead atoms. The van der Waals surface area contributed by atoms with Crippen LogP contribution in [0.1, 0.15) is 51.6 Å². The van der Waals surface area contributed by atoms with Crippen molar-refractivity contribution in [2.45, 2.75) is 46.1 Å². The molecule has 1 saturated carbocycles. The summed E-state index contributed by atoms with van der Waals surface area (Å²) in [5.74, 6) is 1.80. The van der Waals surface area contributed by atoms with Gasteiger partial charge in [0.05, 0.1) is 5.02 Å². The van der Waals surface area contributed by atoms with Crippen molar-refractivity contribution in [3.63, 3.8) is 0 Å². The Morgan fingerprint density at radius 1 is 1.25 bits per heavy atom. The van der Waals surface area contributed by atoms with E-state index in [0.717, 1.165) is 23.9 Å². The van der Waals surface area contributed by atoms with E-state index in [1.54, 1.807) is 6.07 Å². The fraction of sp³-hybridized carbons (Fsp3) is 0.647. The van der Waals surface area contributed by atoms with E-state index in [0.29, 0.717) is 5.92 Å². The Balaban J connectivity index is 2.23. The first-order chi connectivity index (χ1) is 9.51. The van der Waals surface area contributed by atoms with Gasteiger partial charge in [-0.15, -0.1) is 0 Å². The summed E-state index contributed by atoms with van der Waals surface area (Å²) < 4.78 is 13.4. The molecule has 0 radical (unpaired) electrons. The van der Waals surface area contributed by atoms with Crippen molar-refractivity contribution < 1.29 is 4.39 Å². The first kappa shape index (κ1) is 15.8. The molecule has 3 heteroatoms. The van der Waals surface area contributed by atoms with Crippen molar-refractivity contribution in [1.29, 1.82) is 0 Å². The van der Waals surface area contributed by atoms with E-state index in [-0.39, 0.29) is 16.9 Å². The number of hydrogen-bond acceptors (Lipinski definition) is 1. The maximum atomic E-state index is 13.4. The molecule has 0 spiro atoms. The molecule has 1 fully saturated rings. The smallest absolute Gasteiger partial charge is 0.141 e. The first-order valence-corrected chi connectivity index (χ1v) is 8.07. The number of nitrogens with one attached hydrogen (secondary N) is 1. The molecule has 20 heavy (non-hydrogen) atoms. The molecule has 0 saturated heterocycles. The van der Waals surface area contributed by atoms with Gasteiger partial charge in [-0.05, 0) is 61.3 Å². The third kappa shape index (κ3) is 3.73. The minimum absolute atomic E-state index is 0.224. The van der Waals surface area contributed by atoms with Crippen molar-refractivity contribution in [3.8, 4) is 0 Å². The largest absolute Gasteiger partial charge is 0.310 e. The molecule has 2 rings (SSSR count).